The zero-order valence-corrected chi connectivity index (χ0v) is 13.3. The number of primary amides is 1. The number of nitrogens with zero attached hydrogens (tertiary/aromatic N) is 4. The monoisotopic (exact) mass is 320 g/mol. The molecule has 1 aromatic rings. The topological polar surface area (TPSA) is 106 Å². The Bertz CT molecular complexity index is 585. The Morgan fingerprint density at radius 1 is 1.17 bits per heavy atom. The highest BCUT2D eigenvalue weighted by molar-refractivity contribution is 5.78. The lowest BCUT2D eigenvalue weighted by Gasteiger charge is -2.24. The first kappa shape index (κ1) is 15.8. The summed E-state index contributed by atoms with van der Waals surface area (Å²) in [6, 6.07) is -0.589. The van der Waals surface area contributed by atoms with Crippen LogP contribution in [0.2, 0.25) is 0 Å². The zero-order chi connectivity index (χ0) is 16.2. The Hall–Kier alpha value is -2.12. The van der Waals surface area contributed by atoms with E-state index in [1.807, 2.05) is 4.90 Å². The summed E-state index contributed by atoms with van der Waals surface area (Å²) in [5, 5.41) is 11.2. The molecule has 0 radical (unpaired) electrons. The smallest absolute Gasteiger partial charge is 0.312 e. The highest BCUT2D eigenvalue weighted by atomic mass is 16.2. The van der Waals surface area contributed by atoms with Crippen LogP contribution in [0.25, 0.3) is 0 Å². The van der Waals surface area contributed by atoms with Crippen LogP contribution < -0.4 is 11.1 Å². The van der Waals surface area contributed by atoms with Gasteiger partial charge in [0, 0.05) is 32.5 Å². The minimum atomic E-state index is -0.599. The number of nitrogens with one attached hydrogen (secondary N) is 1. The number of carbonyl (C=O) groups excluding carboxylic acids is 2. The molecule has 0 saturated carbocycles. The van der Waals surface area contributed by atoms with Gasteiger partial charge in [-0.25, -0.2) is 4.79 Å². The molecular weight excluding hydrogens is 296 g/mol. The molecule has 8 nitrogen and oxygen atoms in total. The van der Waals surface area contributed by atoms with E-state index < -0.39 is 6.03 Å². The number of carbonyl (C=O) groups is 2. The summed E-state index contributed by atoms with van der Waals surface area (Å²) in [6.45, 7) is 1.96. The van der Waals surface area contributed by atoms with E-state index in [-0.39, 0.29) is 24.9 Å². The fraction of sp³-hybridized carbons (Fsp3) is 0.733. The van der Waals surface area contributed by atoms with Gasteiger partial charge in [-0.15, -0.1) is 10.2 Å². The molecule has 1 saturated heterocycles. The lowest BCUT2D eigenvalue weighted by atomic mass is 10.2. The number of hydrogen-bond acceptors (Lipinski definition) is 4. The molecule has 1 unspecified atom stereocenters. The third-order valence-corrected chi connectivity index (χ3v) is 4.65. The van der Waals surface area contributed by atoms with Crippen molar-refractivity contribution in [3.8, 4) is 0 Å². The highest BCUT2D eigenvalue weighted by Crippen LogP contribution is 2.32. The fourth-order valence-corrected chi connectivity index (χ4v) is 3.52. The first-order valence-electron chi connectivity index (χ1n) is 8.41. The molecule has 0 spiro atoms. The van der Waals surface area contributed by atoms with Gasteiger partial charge in [0.25, 0.3) is 0 Å². The van der Waals surface area contributed by atoms with Gasteiger partial charge in [-0.1, -0.05) is 6.42 Å². The quantitative estimate of drug-likeness (QED) is 0.852. The Balaban J connectivity index is 1.70. The van der Waals surface area contributed by atoms with E-state index in [1.165, 1.54) is 6.42 Å². The number of rotatable bonds is 4. The molecule has 0 bridgehead atoms. The molecule has 3 heterocycles. The summed E-state index contributed by atoms with van der Waals surface area (Å²) < 4.78 is 2.21. The molecule has 3 amide bonds. The van der Waals surface area contributed by atoms with Crippen LogP contribution >= 0.6 is 0 Å². The summed E-state index contributed by atoms with van der Waals surface area (Å²) in [4.78, 5) is 25.0. The van der Waals surface area contributed by atoms with E-state index in [1.54, 1.807) is 0 Å². The number of nitrogens with two attached hydrogens (primary N) is 1. The maximum atomic E-state index is 12.4. The normalized spacial score (nSPS) is 20.9. The lowest BCUT2D eigenvalue weighted by molar-refractivity contribution is -0.132. The van der Waals surface area contributed by atoms with Gasteiger partial charge in [0.15, 0.2) is 5.82 Å². The maximum absolute atomic E-state index is 12.4. The molecule has 2 aliphatic heterocycles. The van der Waals surface area contributed by atoms with Crippen LogP contribution in [0.4, 0.5) is 4.79 Å². The first-order valence-corrected chi connectivity index (χ1v) is 8.41. The minimum absolute atomic E-state index is 0.00966. The highest BCUT2D eigenvalue weighted by Gasteiger charge is 2.34. The predicted molar refractivity (Wildman–Crippen MR) is 83.5 cm³/mol. The molecular formula is C15H24N6O2. The van der Waals surface area contributed by atoms with Gasteiger partial charge in [-0.2, -0.15) is 0 Å². The maximum Gasteiger partial charge on any atom is 0.312 e. The second kappa shape index (κ2) is 6.97. The molecule has 126 valence electrons. The Morgan fingerprint density at radius 2 is 2.04 bits per heavy atom. The number of hydrogen-bond donors (Lipinski definition) is 2. The van der Waals surface area contributed by atoms with Crippen molar-refractivity contribution in [2.24, 2.45) is 5.73 Å². The van der Waals surface area contributed by atoms with Gasteiger partial charge < -0.3 is 20.5 Å². The number of urea groups is 1. The molecule has 2 aliphatic rings. The largest absolute Gasteiger partial charge is 0.352 e. The standard InChI is InChI=1S/C15H24N6O2/c16-15(23)17-8-7-13(22)20-10-4-5-11(20)14-19-18-12-6-2-1-3-9-21(12)14/h11H,1-10H2,(H3,16,17,23). The average Bonchev–Trinajstić information content (AvgIpc) is 3.08. The molecule has 0 aromatic carbocycles. The van der Waals surface area contributed by atoms with E-state index in [0.29, 0.717) is 0 Å². The van der Waals surface area contributed by atoms with Crippen LogP contribution in [0.3, 0.4) is 0 Å². The second-order valence-corrected chi connectivity index (χ2v) is 6.22. The van der Waals surface area contributed by atoms with Crippen molar-refractivity contribution >= 4 is 11.9 Å². The van der Waals surface area contributed by atoms with Crippen LogP contribution in [0.5, 0.6) is 0 Å². The van der Waals surface area contributed by atoms with E-state index in [2.05, 4.69) is 20.1 Å². The minimum Gasteiger partial charge on any atom is -0.352 e. The molecule has 23 heavy (non-hydrogen) atoms. The predicted octanol–water partition coefficient (Wildman–Crippen LogP) is 0.726. The number of aromatic nitrogens is 3. The summed E-state index contributed by atoms with van der Waals surface area (Å²) in [6.07, 6.45) is 6.64. The average molecular weight is 320 g/mol. The van der Waals surface area contributed by atoms with Gasteiger partial charge >= 0.3 is 6.03 Å². The van der Waals surface area contributed by atoms with Gasteiger partial charge in [-0.3, -0.25) is 4.79 Å². The molecule has 1 aromatic heterocycles. The number of amides is 3. The molecule has 1 fully saturated rings. The van der Waals surface area contributed by atoms with Crippen LogP contribution in [0.15, 0.2) is 0 Å². The van der Waals surface area contributed by atoms with E-state index in [4.69, 9.17) is 5.73 Å². The van der Waals surface area contributed by atoms with Gasteiger partial charge in [-0.05, 0) is 25.7 Å². The lowest BCUT2D eigenvalue weighted by Crippen LogP contribution is -2.36. The van der Waals surface area contributed by atoms with Crippen LogP contribution in [-0.4, -0.2) is 44.7 Å². The van der Waals surface area contributed by atoms with Crippen molar-refractivity contribution in [2.75, 3.05) is 13.1 Å². The molecule has 1 atom stereocenters. The summed E-state index contributed by atoms with van der Waals surface area (Å²) in [7, 11) is 0. The molecule has 0 aliphatic carbocycles. The van der Waals surface area contributed by atoms with Gasteiger partial charge in [0.05, 0.1) is 6.04 Å². The van der Waals surface area contributed by atoms with E-state index >= 15 is 0 Å². The summed E-state index contributed by atoms with van der Waals surface area (Å²) >= 11 is 0. The van der Waals surface area contributed by atoms with E-state index in [0.717, 1.165) is 56.8 Å². The third kappa shape index (κ3) is 3.46. The third-order valence-electron chi connectivity index (χ3n) is 4.65. The summed E-state index contributed by atoms with van der Waals surface area (Å²) in [5.41, 5.74) is 5.03. The van der Waals surface area contributed by atoms with Gasteiger partial charge in [0.1, 0.15) is 5.82 Å². The number of aryl methyl sites for hydroxylation is 1. The van der Waals surface area contributed by atoms with Crippen LogP contribution in [-0.2, 0) is 17.8 Å². The van der Waals surface area contributed by atoms with E-state index in [9.17, 15) is 9.59 Å². The van der Waals surface area contributed by atoms with Crippen molar-refractivity contribution < 1.29 is 9.59 Å². The second-order valence-electron chi connectivity index (χ2n) is 6.22. The number of fused-ring (bicyclic) bond motifs is 1. The Labute approximate surface area is 135 Å². The summed E-state index contributed by atoms with van der Waals surface area (Å²) in [5.74, 6) is 2.01. The van der Waals surface area contributed by atoms with Crippen LogP contribution in [0, 0.1) is 0 Å². The Morgan fingerprint density at radius 3 is 2.87 bits per heavy atom. The number of likely N-dealkylation sites (tertiary alicyclic amines) is 1. The molecule has 3 N–H and O–H groups in total. The van der Waals surface area contributed by atoms with Gasteiger partial charge in [0.2, 0.25) is 5.91 Å². The SMILES string of the molecule is NC(=O)NCCC(=O)N1CCCC1c1nnc2n1CCCCC2. The van der Waals surface area contributed by atoms with Crippen molar-refractivity contribution in [1.82, 2.24) is 25.0 Å². The first-order chi connectivity index (χ1) is 11.2. The molecule has 8 heteroatoms. The molecule has 3 rings (SSSR count). The Kier molecular flexibility index (Phi) is 4.78. The fourth-order valence-electron chi connectivity index (χ4n) is 3.52. The van der Waals surface area contributed by atoms with Crippen LogP contribution in [0.1, 0.15) is 56.2 Å². The van der Waals surface area contributed by atoms with Crippen molar-refractivity contribution in [3.05, 3.63) is 11.6 Å². The zero-order valence-electron chi connectivity index (χ0n) is 13.3. The van der Waals surface area contributed by atoms with Crippen molar-refractivity contribution in [3.63, 3.8) is 0 Å². The van der Waals surface area contributed by atoms with Crippen molar-refractivity contribution in [2.45, 2.75) is 57.5 Å². The van der Waals surface area contributed by atoms with Crippen molar-refractivity contribution in [1.29, 1.82) is 0 Å².